The first-order valence-corrected chi connectivity index (χ1v) is 12.7. The fourth-order valence-electron chi connectivity index (χ4n) is 6.50. The Hall–Kier alpha value is -2.05. The van der Waals surface area contributed by atoms with Gasteiger partial charge in [-0.25, -0.2) is 4.98 Å². The molecule has 5 nitrogen and oxygen atoms in total. The van der Waals surface area contributed by atoms with E-state index in [4.69, 9.17) is 4.98 Å². The standard InChI is InChI=1S/C25H30N4OS/c30-23(14-20-16-31-25(27-20)21-7-1-3-9-26-21)29-11-5-6-17-12-18-13-19(24(17)29)15-28-10-4-2-8-22(18)28/h1,3,7,9,12,16,18-19,22,24H,2,4-6,8,10-11,13-15H2. The van der Waals surface area contributed by atoms with Crippen LogP contribution in [0.2, 0.25) is 0 Å². The number of hydrogen-bond donors (Lipinski definition) is 0. The molecule has 4 unspecified atom stereocenters. The van der Waals surface area contributed by atoms with Gasteiger partial charge in [0, 0.05) is 30.7 Å². The van der Waals surface area contributed by atoms with Crippen LogP contribution in [-0.2, 0) is 11.2 Å². The van der Waals surface area contributed by atoms with Crippen molar-refractivity contribution in [3.8, 4) is 10.7 Å². The molecule has 0 spiro atoms. The van der Waals surface area contributed by atoms with Crippen molar-refractivity contribution in [2.45, 2.75) is 57.0 Å². The first kappa shape index (κ1) is 19.6. The fraction of sp³-hybridized carbons (Fsp3) is 0.560. The van der Waals surface area contributed by atoms with E-state index in [1.165, 1.54) is 45.2 Å². The fourth-order valence-corrected chi connectivity index (χ4v) is 7.30. The van der Waals surface area contributed by atoms with Gasteiger partial charge in [-0.3, -0.25) is 14.7 Å². The highest BCUT2D eigenvalue weighted by Gasteiger charge is 2.46. The number of fused-ring (bicyclic) bond motifs is 6. The number of piperidine rings is 3. The maximum Gasteiger partial charge on any atom is 0.229 e. The molecule has 4 atom stereocenters. The number of rotatable bonds is 3. The average Bonchev–Trinajstić information content (AvgIpc) is 3.28. The van der Waals surface area contributed by atoms with Crippen LogP contribution in [0, 0.1) is 11.8 Å². The number of carbonyl (C=O) groups is 1. The molecule has 4 aliphatic rings. The van der Waals surface area contributed by atoms with Crippen molar-refractivity contribution >= 4 is 17.2 Å². The molecule has 0 aromatic carbocycles. The van der Waals surface area contributed by atoms with Crippen LogP contribution in [0.4, 0.5) is 0 Å². The molecule has 1 aliphatic carbocycles. The summed E-state index contributed by atoms with van der Waals surface area (Å²) < 4.78 is 0. The molecule has 3 saturated heterocycles. The zero-order chi connectivity index (χ0) is 20.8. The summed E-state index contributed by atoms with van der Waals surface area (Å²) in [5.41, 5.74) is 3.31. The van der Waals surface area contributed by atoms with E-state index < -0.39 is 0 Å². The second-order valence-electron chi connectivity index (χ2n) is 9.63. The summed E-state index contributed by atoms with van der Waals surface area (Å²) >= 11 is 1.58. The molecule has 0 saturated carbocycles. The Morgan fingerprint density at radius 2 is 2.16 bits per heavy atom. The van der Waals surface area contributed by atoms with E-state index in [-0.39, 0.29) is 5.91 Å². The van der Waals surface area contributed by atoms with Crippen molar-refractivity contribution in [1.29, 1.82) is 0 Å². The third-order valence-corrected chi connectivity index (χ3v) is 8.66. The summed E-state index contributed by atoms with van der Waals surface area (Å²) in [6, 6.07) is 6.93. The van der Waals surface area contributed by atoms with Crippen molar-refractivity contribution in [2.75, 3.05) is 19.6 Å². The minimum Gasteiger partial charge on any atom is -0.335 e. The number of nitrogens with zero attached hydrogens (tertiary/aromatic N) is 4. The van der Waals surface area contributed by atoms with Crippen molar-refractivity contribution in [1.82, 2.24) is 19.8 Å². The first-order valence-electron chi connectivity index (χ1n) is 11.9. The van der Waals surface area contributed by atoms with Crippen LogP contribution >= 0.6 is 11.3 Å². The maximum absolute atomic E-state index is 13.4. The van der Waals surface area contributed by atoms with Gasteiger partial charge in [-0.05, 0) is 62.6 Å². The van der Waals surface area contributed by atoms with Crippen molar-refractivity contribution in [3.05, 3.63) is 47.1 Å². The van der Waals surface area contributed by atoms with Gasteiger partial charge in [0.1, 0.15) is 5.01 Å². The Kier molecular flexibility index (Phi) is 5.15. The van der Waals surface area contributed by atoms with Gasteiger partial charge in [-0.2, -0.15) is 0 Å². The van der Waals surface area contributed by atoms with Gasteiger partial charge in [0.2, 0.25) is 5.91 Å². The Labute approximate surface area is 188 Å². The lowest BCUT2D eigenvalue weighted by Crippen LogP contribution is -2.60. The molecule has 3 aliphatic heterocycles. The normalized spacial score (nSPS) is 30.3. The Bertz CT molecular complexity index is 986. The van der Waals surface area contributed by atoms with E-state index in [9.17, 15) is 4.79 Å². The Balaban J connectivity index is 1.21. The smallest absolute Gasteiger partial charge is 0.229 e. The van der Waals surface area contributed by atoms with Crippen LogP contribution < -0.4 is 0 Å². The molecular formula is C25H30N4OS. The third-order valence-electron chi connectivity index (χ3n) is 7.75. The van der Waals surface area contributed by atoms with Gasteiger partial charge < -0.3 is 4.90 Å². The molecule has 2 aromatic rings. The maximum atomic E-state index is 13.4. The number of carbonyl (C=O) groups excluding carboxylic acids is 1. The summed E-state index contributed by atoms with van der Waals surface area (Å²) in [5, 5.41) is 2.92. The topological polar surface area (TPSA) is 49.3 Å². The molecule has 1 amide bonds. The lowest BCUT2D eigenvalue weighted by Gasteiger charge is -2.54. The average molecular weight is 435 g/mol. The molecule has 2 bridgehead atoms. The van der Waals surface area contributed by atoms with E-state index in [1.807, 2.05) is 23.6 Å². The van der Waals surface area contributed by atoms with E-state index in [2.05, 4.69) is 20.9 Å². The summed E-state index contributed by atoms with van der Waals surface area (Å²) in [6.07, 6.45) is 12.4. The number of hydrogen-bond acceptors (Lipinski definition) is 5. The van der Waals surface area contributed by atoms with Crippen molar-refractivity contribution in [3.63, 3.8) is 0 Å². The van der Waals surface area contributed by atoms with Gasteiger partial charge in [-0.1, -0.05) is 24.1 Å². The second-order valence-corrected chi connectivity index (χ2v) is 10.5. The van der Waals surface area contributed by atoms with Crippen molar-refractivity contribution < 1.29 is 4.79 Å². The van der Waals surface area contributed by atoms with E-state index in [1.54, 1.807) is 23.1 Å². The Morgan fingerprint density at radius 1 is 1.19 bits per heavy atom. The Morgan fingerprint density at radius 3 is 3.06 bits per heavy atom. The molecule has 6 rings (SSSR count). The second kappa shape index (κ2) is 8.14. The van der Waals surface area contributed by atoms with Gasteiger partial charge >= 0.3 is 0 Å². The number of pyridine rings is 1. The molecular weight excluding hydrogens is 404 g/mol. The molecule has 0 radical (unpaired) electrons. The highest BCUT2D eigenvalue weighted by molar-refractivity contribution is 7.13. The molecule has 6 heteroatoms. The number of likely N-dealkylation sites (tertiary alicyclic amines) is 1. The zero-order valence-corrected chi connectivity index (χ0v) is 18.8. The molecule has 0 N–H and O–H groups in total. The molecule has 31 heavy (non-hydrogen) atoms. The van der Waals surface area contributed by atoms with Crippen LogP contribution in [0.3, 0.4) is 0 Å². The van der Waals surface area contributed by atoms with E-state index in [0.29, 0.717) is 24.3 Å². The van der Waals surface area contributed by atoms with Crippen LogP contribution in [0.15, 0.2) is 41.4 Å². The van der Waals surface area contributed by atoms with E-state index in [0.717, 1.165) is 35.4 Å². The SMILES string of the molecule is O=C(Cc1csc(-c2ccccn2)n1)N1CCCC2=CC3CC(CN4CCCCC34)C21. The van der Waals surface area contributed by atoms with Crippen LogP contribution in [-0.4, -0.2) is 57.4 Å². The lowest BCUT2D eigenvalue weighted by molar-refractivity contribution is -0.135. The predicted octanol–water partition coefficient (Wildman–Crippen LogP) is 4.17. The third kappa shape index (κ3) is 3.64. The molecule has 5 heterocycles. The highest BCUT2D eigenvalue weighted by atomic mass is 32.1. The number of aromatic nitrogens is 2. The van der Waals surface area contributed by atoms with Gasteiger partial charge in [0.15, 0.2) is 0 Å². The molecule has 2 aromatic heterocycles. The van der Waals surface area contributed by atoms with Crippen molar-refractivity contribution in [2.24, 2.45) is 11.8 Å². The predicted molar refractivity (Wildman–Crippen MR) is 123 cm³/mol. The summed E-state index contributed by atoms with van der Waals surface area (Å²) in [7, 11) is 0. The van der Waals surface area contributed by atoms with Crippen LogP contribution in [0.25, 0.3) is 10.7 Å². The molecule has 162 valence electrons. The number of amides is 1. The minimum atomic E-state index is 0.243. The van der Waals surface area contributed by atoms with Crippen LogP contribution in [0.1, 0.15) is 44.2 Å². The zero-order valence-electron chi connectivity index (χ0n) is 17.9. The van der Waals surface area contributed by atoms with Gasteiger partial charge in [-0.15, -0.1) is 11.3 Å². The molecule has 3 fully saturated rings. The largest absolute Gasteiger partial charge is 0.335 e. The first-order chi connectivity index (χ1) is 15.3. The van der Waals surface area contributed by atoms with E-state index >= 15 is 0 Å². The summed E-state index contributed by atoms with van der Waals surface area (Å²) in [5.74, 6) is 1.55. The number of thiazole rings is 1. The monoisotopic (exact) mass is 434 g/mol. The van der Waals surface area contributed by atoms with Crippen LogP contribution in [0.5, 0.6) is 0 Å². The minimum absolute atomic E-state index is 0.243. The quantitative estimate of drug-likeness (QED) is 0.681. The highest BCUT2D eigenvalue weighted by Crippen LogP contribution is 2.45. The summed E-state index contributed by atoms with van der Waals surface area (Å²) in [4.78, 5) is 27.5. The van der Waals surface area contributed by atoms with Gasteiger partial charge in [0.05, 0.1) is 23.9 Å². The van der Waals surface area contributed by atoms with Gasteiger partial charge in [0.25, 0.3) is 0 Å². The summed E-state index contributed by atoms with van der Waals surface area (Å²) in [6.45, 7) is 3.31. The lowest BCUT2D eigenvalue weighted by atomic mass is 9.68.